The predicted molar refractivity (Wildman–Crippen MR) is 368 cm³/mol. The quantitative estimate of drug-likeness (QED) is 0.0222. The number of ether oxygens (including phenoxy) is 4. The van der Waals surface area contributed by atoms with E-state index in [-0.39, 0.29) is 25.7 Å². The zero-order valence-electron chi connectivity index (χ0n) is 59.1. The molecule has 0 radical (unpaired) electrons. The highest BCUT2D eigenvalue weighted by Gasteiger charge is 2.30. The van der Waals surface area contributed by atoms with E-state index in [1.807, 2.05) is 0 Å². The normalized spacial score (nSPS) is 14.4. The van der Waals surface area contributed by atoms with Gasteiger partial charge in [-0.2, -0.15) is 0 Å². The lowest BCUT2D eigenvalue weighted by Crippen LogP contribution is -2.30. The van der Waals surface area contributed by atoms with Crippen LogP contribution in [0, 0.1) is 11.8 Å². The highest BCUT2D eigenvalue weighted by Crippen LogP contribution is 2.45. The van der Waals surface area contributed by atoms with E-state index in [2.05, 4.69) is 41.5 Å². The first-order chi connectivity index (χ1) is 43.9. The van der Waals surface area contributed by atoms with Gasteiger partial charge in [0.05, 0.1) is 26.4 Å². The van der Waals surface area contributed by atoms with Crippen LogP contribution in [0.4, 0.5) is 0 Å². The average Bonchev–Trinajstić information content (AvgIpc) is 3.14. The van der Waals surface area contributed by atoms with Gasteiger partial charge in [-0.3, -0.25) is 37.3 Å². The van der Waals surface area contributed by atoms with Crippen molar-refractivity contribution >= 4 is 39.5 Å². The number of carbonyl (C=O) groups excluding carboxylic acids is 4. The molecular formula is C72H140O17P2. The van der Waals surface area contributed by atoms with Gasteiger partial charge in [0.2, 0.25) is 0 Å². The molecule has 540 valence electrons. The van der Waals surface area contributed by atoms with Crippen molar-refractivity contribution in [3.8, 4) is 0 Å². The molecule has 0 spiro atoms. The molecule has 17 nitrogen and oxygen atoms in total. The number of carbonyl (C=O) groups is 4. The zero-order chi connectivity index (χ0) is 67.2. The van der Waals surface area contributed by atoms with Gasteiger partial charge in [0, 0.05) is 25.7 Å². The Morgan fingerprint density at radius 2 is 0.560 bits per heavy atom. The van der Waals surface area contributed by atoms with Crippen LogP contribution >= 0.6 is 15.6 Å². The van der Waals surface area contributed by atoms with Gasteiger partial charge < -0.3 is 33.8 Å². The molecule has 0 aromatic rings. The largest absolute Gasteiger partial charge is 0.472 e. The van der Waals surface area contributed by atoms with E-state index < -0.39 is 97.5 Å². The van der Waals surface area contributed by atoms with E-state index in [1.54, 1.807) is 0 Å². The fourth-order valence-corrected chi connectivity index (χ4v) is 12.5. The molecule has 6 atom stereocenters. The molecule has 3 unspecified atom stereocenters. The van der Waals surface area contributed by atoms with Crippen molar-refractivity contribution in [2.45, 2.75) is 387 Å². The minimum absolute atomic E-state index is 0.107. The molecule has 0 aliphatic carbocycles. The number of phosphoric acid groups is 2. The average molecular weight is 1340 g/mol. The first-order valence-electron chi connectivity index (χ1n) is 37.5. The second kappa shape index (κ2) is 64.1. The summed E-state index contributed by atoms with van der Waals surface area (Å²) in [5.41, 5.74) is 0. The van der Waals surface area contributed by atoms with E-state index >= 15 is 0 Å². The molecule has 0 aromatic carbocycles. The smallest absolute Gasteiger partial charge is 0.462 e. The second-order valence-electron chi connectivity index (χ2n) is 26.7. The molecule has 0 aliphatic heterocycles. The fraction of sp³-hybridized carbons (Fsp3) is 0.944. The van der Waals surface area contributed by atoms with Gasteiger partial charge in [0.15, 0.2) is 12.2 Å². The summed E-state index contributed by atoms with van der Waals surface area (Å²) in [4.78, 5) is 72.6. The predicted octanol–water partition coefficient (Wildman–Crippen LogP) is 20.8. The van der Waals surface area contributed by atoms with Crippen molar-refractivity contribution in [3.63, 3.8) is 0 Å². The van der Waals surface area contributed by atoms with E-state index in [1.165, 1.54) is 186 Å². The second-order valence-corrected chi connectivity index (χ2v) is 29.6. The molecule has 19 heteroatoms. The van der Waals surface area contributed by atoms with Crippen LogP contribution in [0.25, 0.3) is 0 Å². The maximum atomic E-state index is 13.0. The van der Waals surface area contributed by atoms with E-state index in [0.29, 0.717) is 25.7 Å². The molecule has 0 saturated carbocycles. The summed E-state index contributed by atoms with van der Waals surface area (Å²) in [6, 6.07) is 0. The first kappa shape index (κ1) is 89.1. The number of hydrogen-bond donors (Lipinski definition) is 3. The van der Waals surface area contributed by atoms with Gasteiger partial charge >= 0.3 is 39.5 Å². The van der Waals surface area contributed by atoms with E-state index in [9.17, 15) is 43.2 Å². The standard InChI is InChI=1S/C72H140O17P2/c1-7-10-12-14-16-18-20-26-30-38-44-50-56-71(76)88-67(60-82-69(74)54-48-42-36-29-19-17-15-13-11-8-2)62-86-90(78,79)84-58-66(73)59-85-91(80,81)87-63-68(61-83-70(75)55-49-43-37-33-32-35-41-47-53-65(6)9-3)89-72(77)57-51-45-39-31-27-24-22-21-23-25-28-34-40-46-52-64(4)5/h64-68,73H,7-63H2,1-6H3,(H,78,79)(H,80,81)/t65?,66-,67+,68+/m0/s1. The fourth-order valence-electron chi connectivity index (χ4n) is 10.9. The molecule has 0 saturated heterocycles. The lowest BCUT2D eigenvalue weighted by molar-refractivity contribution is -0.161. The molecule has 3 N–H and O–H groups in total. The number of rotatable bonds is 71. The van der Waals surface area contributed by atoms with Crippen LogP contribution in [0.3, 0.4) is 0 Å². The Morgan fingerprint density at radius 3 is 0.835 bits per heavy atom. The van der Waals surface area contributed by atoms with Crippen molar-refractivity contribution in [3.05, 3.63) is 0 Å². The highest BCUT2D eigenvalue weighted by atomic mass is 31.2. The maximum absolute atomic E-state index is 13.0. The zero-order valence-corrected chi connectivity index (χ0v) is 60.9. The summed E-state index contributed by atoms with van der Waals surface area (Å²) in [6.07, 6.45) is 49.8. The summed E-state index contributed by atoms with van der Waals surface area (Å²) in [7, 11) is -9.90. The molecule has 0 amide bonds. The number of aliphatic hydroxyl groups is 1. The van der Waals surface area contributed by atoms with Crippen molar-refractivity contribution in [2.75, 3.05) is 39.6 Å². The van der Waals surface area contributed by atoms with Crippen LogP contribution in [-0.2, 0) is 65.4 Å². The Bertz CT molecular complexity index is 1770. The number of hydrogen-bond acceptors (Lipinski definition) is 15. The van der Waals surface area contributed by atoms with Crippen LogP contribution in [0.1, 0.15) is 369 Å². The Morgan fingerprint density at radius 1 is 0.319 bits per heavy atom. The third-order valence-corrected chi connectivity index (χ3v) is 19.0. The SMILES string of the molecule is CCCCCCCCCCCCCCC(=O)O[C@H](COC(=O)CCCCCCCCCCCC)COP(=O)(O)OC[C@H](O)COP(=O)(O)OC[C@@H](COC(=O)CCCCCCCCCCC(C)CC)OC(=O)CCCCCCCCCCCCCCCCC(C)C. The van der Waals surface area contributed by atoms with Crippen LogP contribution in [0.2, 0.25) is 0 Å². The highest BCUT2D eigenvalue weighted by molar-refractivity contribution is 7.47. The van der Waals surface area contributed by atoms with Crippen molar-refractivity contribution < 1.29 is 80.2 Å². The number of aliphatic hydroxyl groups excluding tert-OH is 1. The van der Waals surface area contributed by atoms with Gasteiger partial charge in [-0.25, -0.2) is 9.13 Å². The summed E-state index contributed by atoms with van der Waals surface area (Å²) in [5, 5.41) is 10.6. The van der Waals surface area contributed by atoms with Gasteiger partial charge in [-0.15, -0.1) is 0 Å². The minimum Gasteiger partial charge on any atom is -0.462 e. The summed E-state index contributed by atoms with van der Waals surface area (Å²) < 4.78 is 68.4. The molecular weight excluding hydrogens is 1200 g/mol. The Balaban J connectivity index is 5.24. The molecule has 0 aromatic heterocycles. The van der Waals surface area contributed by atoms with Crippen molar-refractivity contribution in [1.29, 1.82) is 0 Å². The van der Waals surface area contributed by atoms with Gasteiger partial charge in [-0.05, 0) is 37.5 Å². The number of phosphoric ester groups is 2. The maximum Gasteiger partial charge on any atom is 0.472 e. The van der Waals surface area contributed by atoms with E-state index in [4.69, 9.17) is 37.0 Å². The van der Waals surface area contributed by atoms with Gasteiger partial charge in [0.25, 0.3) is 0 Å². The Hall–Kier alpha value is -1.94. The monoisotopic (exact) mass is 1340 g/mol. The number of unbranched alkanes of at least 4 members (excludes halogenated alkanes) is 40. The molecule has 0 rings (SSSR count). The van der Waals surface area contributed by atoms with Crippen LogP contribution in [0.5, 0.6) is 0 Å². The third-order valence-electron chi connectivity index (χ3n) is 17.1. The third kappa shape index (κ3) is 65.1. The molecule has 0 aliphatic rings. The van der Waals surface area contributed by atoms with Crippen molar-refractivity contribution in [1.82, 2.24) is 0 Å². The summed E-state index contributed by atoms with van der Waals surface area (Å²) in [6.45, 7) is 9.58. The van der Waals surface area contributed by atoms with Crippen LogP contribution < -0.4 is 0 Å². The van der Waals surface area contributed by atoms with Gasteiger partial charge in [-0.1, -0.05) is 318 Å². The molecule has 0 heterocycles. The molecule has 0 fully saturated rings. The lowest BCUT2D eigenvalue weighted by atomic mass is 9.99. The van der Waals surface area contributed by atoms with Crippen LogP contribution in [-0.4, -0.2) is 96.7 Å². The van der Waals surface area contributed by atoms with E-state index in [0.717, 1.165) is 102 Å². The Kier molecular flexibility index (Phi) is 62.7. The molecule has 91 heavy (non-hydrogen) atoms. The van der Waals surface area contributed by atoms with Crippen LogP contribution in [0.15, 0.2) is 0 Å². The molecule has 0 bridgehead atoms. The Labute approximate surface area is 556 Å². The minimum atomic E-state index is -4.95. The number of esters is 4. The van der Waals surface area contributed by atoms with Gasteiger partial charge in [0.1, 0.15) is 19.3 Å². The first-order valence-corrected chi connectivity index (χ1v) is 40.5. The summed E-state index contributed by atoms with van der Waals surface area (Å²) in [5.74, 6) is -0.548. The van der Waals surface area contributed by atoms with Crippen molar-refractivity contribution in [2.24, 2.45) is 11.8 Å². The topological polar surface area (TPSA) is 237 Å². The summed E-state index contributed by atoms with van der Waals surface area (Å²) >= 11 is 0. The lowest BCUT2D eigenvalue weighted by Gasteiger charge is -2.21.